The van der Waals surface area contributed by atoms with E-state index in [4.69, 9.17) is 0 Å². The number of aromatic nitrogens is 6. The SMILES string of the molecule is Cn1cnc(-c2cc(C3CCCCC3)c(=O)n(Cc3ncccc3C(F)(F)F)n2)c1C(F)F.FC(F)(F)c1ccncc1. The molecule has 0 unspecified atom stereocenters. The number of nitrogens with zero attached hydrogens (tertiary/aromatic N) is 6. The lowest BCUT2D eigenvalue weighted by atomic mass is 9.84. The highest BCUT2D eigenvalue weighted by molar-refractivity contribution is 5.58. The molecule has 1 aliphatic rings. The van der Waals surface area contributed by atoms with Crippen LogP contribution >= 0.6 is 0 Å². The third-order valence-electron chi connectivity index (χ3n) is 6.98. The van der Waals surface area contributed by atoms with Crippen LogP contribution in [-0.4, -0.2) is 29.3 Å². The van der Waals surface area contributed by atoms with Crippen LogP contribution in [0.2, 0.25) is 0 Å². The predicted molar refractivity (Wildman–Crippen MR) is 139 cm³/mol. The Hall–Kier alpha value is -4.17. The van der Waals surface area contributed by atoms with Crippen molar-refractivity contribution in [3.63, 3.8) is 0 Å². The maximum Gasteiger partial charge on any atom is 0.418 e. The van der Waals surface area contributed by atoms with Crippen molar-refractivity contribution >= 4 is 0 Å². The van der Waals surface area contributed by atoms with Gasteiger partial charge in [0.05, 0.1) is 29.7 Å². The van der Waals surface area contributed by atoms with Crippen molar-refractivity contribution in [1.29, 1.82) is 0 Å². The summed E-state index contributed by atoms with van der Waals surface area (Å²) in [7, 11) is 1.42. The Labute approximate surface area is 240 Å². The summed E-state index contributed by atoms with van der Waals surface area (Å²) >= 11 is 0. The van der Waals surface area contributed by atoms with Gasteiger partial charge in [0, 0.05) is 31.2 Å². The molecule has 0 aromatic carbocycles. The minimum atomic E-state index is -4.67. The van der Waals surface area contributed by atoms with E-state index in [1.807, 2.05) is 0 Å². The van der Waals surface area contributed by atoms with Crippen LogP contribution in [0.4, 0.5) is 35.1 Å². The summed E-state index contributed by atoms with van der Waals surface area (Å²) in [6.45, 7) is -0.543. The van der Waals surface area contributed by atoms with E-state index >= 15 is 0 Å². The van der Waals surface area contributed by atoms with Gasteiger partial charge in [-0.15, -0.1) is 0 Å². The Kier molecular flexibility index (Phi) is 9.60. The first kappa shape index (κ1) is 31.8. The Balaban J connectivity index is 0.000000359. The van der Waals surface area contributed by atoms with Crippen molar-refractivity contribution in [2.45, 2.75) is 63.3 Å². The minimum absolute atomic E-state index is 0.0237. The summed E-state index contributed by atoms with van der Waals surface area (Å²) in [6, 6.07) is 5.37. The number of pyridine rings is 2. The Morgan fingerprint density at radius 2 is 1.60 bits per heavy atom. The molecule has 0 aliphatic heterocycles. The molecule has 43 heavy (non-hydrogen) atoms. The second-order valence-corrected chi connectivity index (χ2v) is 9.90. The molecule has 1 fully saturated rings. The molecule has 7 nitrogen and oxygen atoms in total. The molecular weight excluding hydrogens is 588 g/mol. The second kappa shape index (κ2) is 13.0. The van der Waals surface area contributed by atoms with Crippen LogP contribution in [0.15, 0.2) is 60.0 Å². The fraction of sp³-hybridized carbons (Fsp3) is 0.393. The largest absolute Gasteiger partial charge is 0.418 e. The lowest BCUT2D eigenvalue weighted by Gasteiger charge is -2.22. The molecule has 1 saturated carbocycles. The molecular formula is C28H26F8N6O. The molecule has 0 radical (unpaired) electrons. The van der Waals surface area contributed by atoms with Gasteiger partial charge in [-0.25, -0.2) is 18.4 Å². The maximum absolute atomic E-state index is 13.7. The number of imidazole rings is 1. The van der Waals surface area contributed by atoms with Gasteiger partial charge in [-0.1, -0.05) is 19.3 Å². The lowest BCUT2D eigenvalue weighted by molar-refractivity contribution is -0.139. The Bertz CT molecular complexity index is 1570. The van der Waals surface area contributed by atoms with Crippen molar-refractivity contribution in [3.05, 3.63) is 93.7 Å². The number of halogens is 8. The average Bonchev–Trinajstić information content (AvgIpc) is 3.36. The molecule has 0 amide bonds. The predicted octanol–water partition coefficient (Wildman–Crippen LogP) is 7.19. The van der Waals surface area contributed by atoms with E-state index in [-0.39, 0.29) is 28.7 Å². The van der Waals surface area contributed by atoms with Crippen LogP contribution in [0, 0.1) is 0 Å². The molecule has 0 bridgehead atoms. The first-order valence-corrected chi connectivity index (χ1v) is 13.2. The standard InChI is InChI=1S/C22H22F5N5O.C6H4F3N/c1-31-12-29-18(19(31)20(23)24)16-10-14(13-6-3-2-4-7-13)21(33)32(30-16)11-17-15(22(25,26)27)8-5-9-28-17;7-6(8,9)5-1-3-10-4-2-5/h5,8-10,12-13,20H,2-4,6-7,11H2,1H3;1-4H. The third kappa shape index (κ3) is 7.62. The quantitative estimate of drug-likeness (QED) is 0.223. The van der Waals surface area contributed by atoms with Crippen LogP contribution in [0.1, 0.15) is 72.5 Å². The smallest absolute Gasteiger partial charge is 0.332 e. The molecule has 4 aromatic rings. The van der Waals surface area contributed by atoms with Gasteiger partial charge in [0.2, 0.25) is 0 Å². The van der Waals surface area contributed by atoms with Gasteiger partial charge in [0.15, 0.2) is 0 Å². The normalized spacial score (nSPS) is 14.5. The monoisotopic (exact) mass is 614 g/mol. The van der Waals surface area contributed by atoms with Crippen molar-refractivity contribution in [3.8, 4) is 11.4 Å². The average molecular weight is 615 g/mol. The zero-order chi connectivity index (χ0) is 31.4. The topological polar surface area (TPSA) is 78.5 Å². The van der Waals surface area contributed by atoms with Crippen molar-refractivity contribution in [1.82, 2.24) is 29.3 Å². The molecule has 4 aromatic heterocycles. The molecule has 0 atom stereocenters. The van der Waals surface area contributed by atoms with Gasteiger partial charge in [-0.05, 0) is 49.1 Å². The van der Waals surface area contributed by atoms with Gasteiger partial charge in [-0.3, -0.25) is 14.8 Å². The summed E-state index contributed by atoms with van der Waals surface area (Å²) in [5.74, 6) is -0.121. The zero-order valence-electron chi connectivity index (χ0n) is 22.7. The molecule has 0 saturated heterocycles. The molecule has 5 rings (SSSR count). The van der Waals surface area contributed by atoms with Crippen LogP contribution < -0.4 is 5.56 Å². The Morgan fingerprint density at radius 3 is 2.19 bits per heavy atom. The summed E-state index contributed by atoms with van der Waals surface area (Å²) in [6.07, 6.45) is -2.79. The van der Waals surface area contributed by atoms with Crippen molar-refractivity contribution in [2.24, 2.45) is 7.05 Å². The van der Waals surface area contributed by atoms with Crippen LogP contribution in [0.3, 0.4) is 0 Å². The van der Waals surface area contributed by atoms with E-state index in [9.17, 15) is 39.9 Å². The van der Waals surface area contributed by atoms with E-state index in [1.165, 1.54) is 25.6 Å². The van der Waals surface area contributed by atoms with Gasteiger partial charge < -0.3 is 4.57 Å². The maximum atomic E-state index is 13.7. The highest BCUT2D eigenvalue weighted by atomic mass is 19.4. The number of alkyl halides is 8. The summed E-state index contributed by atoms with van der Waals surface area (Å²) in [5, 5.41) is 4.16. The van der Waals surface area contributed by atoms with E-state index < -0.39 is 42.0 Å². The molecule has 1 aliphatic carbocycles. The fourth-order valence-corrected chi connectivity index (χ4v) is 4.89. The summed E-state index contributed by atoms with van der Waals surface area (Å²) in [5.41, 5.74) is -2.66. The molecule has 230 valence electrons. The highest BCUT2D eigenvalue weighted by Crippen LogP contribution is 2.35. The lowest BCUT2D eigenvalue weighted by Crippen LogP contribution is -2.30. The van der Waals surface area contributed by atoms with Crippen LogP contribution in [0.25, 0.3) is 11.4 Å². The molecule has 0 spiro atoms. The fourth-order valence-electron chi connectivity index (χ4n) is 4.89. The van der Waals surface area contributed by atoms with E-state index in [2.05, 4.69) is 20.1 Å². The number of hydrogen-bond donors (Lipinski definition) is 0. The van der Waals surface area contributed by atoms with Gasteiger partial charge in [0.25, 0.3) is 12.0 Å². The van der Waals surface area contributed by atoms with Gasteiger partial charge in [0.1, 0.15) is 17.1 Å². The second-order valence-electron chi connectivity index (χ2n) is 9.90. The summed E-state index contributed by atoms with van der Waals surface area (Å²) in [4.78, 5) is 24.6. The van der Waals surface area contributed by atoms with E-state index in [0.717, 1.165) is 78.0 Å². The van der Waals surface area contributed by atoms with E-state index in [1.54, 1.807) is 0 Å². The summed E-state index contributed by atoms with van der Waals surface area (Å²) < 4.78 is 105. The first-order chi connectivity index (χ1) is 20.3. The third-order valence-corrected chi connectivity index (χ3v) is 6.98. The molecule has 15 heteroatoms. The van der Waals surface area contributed by atoms with Crippen molar-refractivity contribution < 1.29 is 35.1 Å². The van der Waals surface area contributed by atoms with E-state index in [0.29, 0.717) is 5.56 Å². The number of rotatable bonds is 5. The molecule has 4 heterocycles. The number of aryl methyl sites for hydroxylation is 1. The molecule has 0 N–H and O–H groups in total. The Morgan fingerprint density at radius 1 is 0.930 bits per heavy atom. The van der Waals surface area contributed by atoms with Gasteiger partial charge >= 0.3 is 12.4 Å². The first-order valence-electron chi connectivity index (χ1n) is 13.2. The highest BCUT2D eigenvalue weighted by Gasteiger charge is 2.34. The van der Waals surface area contributed by atoms with Crippen molar-refractivity contribution in [2.75, 3.05) is 0 Å². The van der Waals surface area contributed by atoms with Crippen LogP contribution in [-0.2, 0) is 25.9 Å². The van der Waals surface area contributed by atoms with Gasteiger partial charge in [-0.2, -0.15) is 31.4 Å². The minimum Gasteiger partial charge on any atom is -0.332 e. The zero-order valence-corrected chi connectivity index (χ0v) is 22.7. The number of hydrogen-bond acceptors (Lipinski definition) is 5. The van der Waals surface area contributed by atoms with Crippen LogP contribution in [0.5, 0.6) is 0 Å².